The van der Waals surface area contributed by atoms with Crippen LogP contribution in [0.2, 0.25) is 0 Å². The molecule has 0 saturated carbocycles. The fourth-order valence-electron chi connectivity index (χ4n) is 1.54. The Morgan fingerprint density at radius 1 is 1.38 bits per heavy atom. The number of hydrogen-bond acceptors (Lipinski definition) is 9. The molecule has 0 aliphatic rings. The molecule has 1 rings (SSSR count). The summed E-state index contributed by atoms with van der Waals surface area (Å²) >= 11 is 1.49. The first-order chi connectivity index (χ1) is 10.8. The maximum atomic E-state index is 10.9. The van der Waals surface area contributed by atoms with Crippen molar-refractivity contribution in [3.63, 3.8) is 0 Å². The molecule has 0 aromatic heterocycles. The molecular weight excluding hydrogens is 360 g/mol. The Morgan fingerprint density at radius 2 is 1.88 bits per heavy atom. The van der Waals surface area contributed by atoms with Gasteiger partial charge in [0.15, 0.2) is 5.69 Å². The lowest BCUT2D eigenvalue weighted by Gasteiger charge is -2.26. The topological polar surface area (TPSA) is 148 Å². The van der Waals surface area contributed by atoms with E-state index in [0.717, 1.165) is 24.2 Å². The summed E-state index contributed by atoms with van der Waals surface area (Å²) in [7, 11) is 2.36. The van der Waals surface area contributed by atoms with Crippen molar-refractivity contribution >= 4 is 45.1 Å². The quantitative estimate of drug-likeness (QED) is 0.142. The molecule has 1 aromatic carbocycles. The summed E-state index contributed by atoms with van der Waals surface area (Å²) in [6.45, 7) is 2.01. The Bertz CT molecular complexity index is 673. The Morgan fingerprint density at radius 3 is 2.21 bits per heavy atom. The number of benzene rings is 1. The van der Waals surface area contributed by atoms with Crippen LogP contribution in [0.3, 0.4) is 0 Å². The second-order valence-corrected chi connectivity index (χ2v) is 7.53. The number of nitrogens with one attached hydrogen (secondary N) is 1. The molecule has 138 valence electrons. The fourth-order valence-corrected chi connectivity index (χ4v) is 2.00. The Hall–Kier alpha value is -1.60. The van der Waals surface area contributed by atoms with Gasteiger partial charge in [-0.3, -0.25) is 18.8 Å². The van der Waals surface area contributed by atoms with Crippen molar-refractivity contribution in [3.8, 4) is 0 Å². The number of nitro groups is 1. The molecule has 0 fully saturated rings. The molecule has 0 aliphatic carbocycles. The van der Waals surface area contributed by atoms with E-state index >= 15 is 0 Å². The number of nitrogens with zero attached hydrogens (tertiary/aromatic N) is 2. The van der Waals surface area contributed by atoms with Crippen molar-refractivity contribution in [1.29, 1.82) is 0 Å². The van der Waals surface area contributed by atoms with Crippen LogP contribution in [-0.2, 0) is 14.6 Å². The van der Waals surface area contributed by atoms with Crippen molar-refractivity contribution < 1.29 is 22.1 Å². The van der Waals surface area contributed by atoms with E-state index in [-0.39, 0.29) is 11.4 Å². The zero-order chi connectivity index (χ0) is 19.1. The molecule has 0 aliphatic heterocycles. The van der Waals surface area contributed by atoms with Gasteiger partial charge in [-0.2, -0.15) is 0 Å². The summed E-state index contributed by atoms with van der Waals surface area (Å²) in [6, 6.07) is 3.16. The van der Waals surface area contributed by atoms with Crippen molar-refractivity contribution in [1.82, 2.24) is 4.48 Å². The molecule has 10 nitrogen and oxygen atoms in total. The third kappa shape index (κ3) is 7.79. The normalized spacial score (nSPS) is 11.4. The van der Waals surface area contributed by atoms with Gasteiger partial charge in [-0.15, -0.1) is 0 Å². The minimum Gasteiger partial charge on any atom is -0.726 e. The standard InChI is InChI=1S/C11H19N4O2S.CH4O4S/c1-5-18-13-9-7-10(14(16)17)8(12)6-11(9)15(2,3)4;1-5-6(2,3)4/h6-7,13H,5,12H2,1-4H3;1H3,(H,2,3,4)/q+1;/p-1. The number of nitrogens with two attached hydrogens (primary N) is 1. The minimum atomic E-state index is -4.41. The van der Waals surface area contributed by atoms with Crippen LogP contribution in [0.1, 0.15) is 6.92 Å². The molecule has 0 heterocycles. The van der Waals surface area contributed by atoms with Crippen molar-refractivity contribution in [2.24, 2.45) is 0 Å². The molecule has 0 unspecified atom stereocenters. The van der Waals surface area contributed by atoms with Crippen LogP contribution >= 0.6 is 11.9 Å². The molecule has 0 atom stereocenters. The van der Waals surface area contributed by atoms with E-state index in [9.17, 15) is 23.1 Å². The molecule has 0 saturated heterocycles. The monoisotopic (exact) mass is 382 g/mol. The van der Waals surface area contributed by atoms with E-state index in [4.69, 9.17) is 5.73 Å². The Labute approximate surface area is 145 Å². The first kappa shape index (κ1) is 22.4. The highest BCUT2D eigenvalue weighted by Crippen LogP contribution is 2.37. The lowest BCUT2D eigenvalue weighted by atomic mass is 10.2. The lowest BCUT2D eigenvalue weighted by Crippen LogP contribution is -2.35. The summed E-state index contributed by atoms with van der Waals surface area (Å²) in [4.78, 5) is 10.4. The fraction of sp³-hybridized carbons (Fsp3) is 0.500. The summed E-state index contributed by atoms with van der Waals surface area (Å²) < 4.78 is 34.7. The van der Waals surface area contributed by atoms with Crippen LogP contribution in [0.4, 0.5) is 22.7 Å². The SMILES string of the molecule is CCSNc1cc([N+](=O)[O-])c(N)cc1[N+](C)(C)C.COS(=O)(=O)[O-]. The first-order valence-corrected chi connectivity index (χ1v) is 8.94. The highest BCUT2D eigenvalue weighted by molar-refractivity contribution is 8.00. The largest absolute Gasteiger partial charge is 0.726 e. The number of anilines is 2. The Balaban J connectivity index is 0.000000754. The van der Waals surface area contributed by atoms with E-state index in [0.29, 0.717) is 4.48 Å². The lowest BCUT2D eigenvalue weighted by molar-refractivity contribution is -0.383. The van der Waals surface area contributed by atoms with Crippen LogP contribution < -0.4 is 14.9 Å². The highest BCUT2D eigenvalue weighted by Gasteiger charge is 2.24. The van der Waals surface area contributed by atoms with Gasteiger partial charge < -0.3 is 15.0 Å². The average molecular weight is 382 g/mol. The molecule has 12 heteroatoms. The molecule has 0 bridgehead atoms. The average Bonchev–Trinajstić information content (AvgIpc) is 2.44. The van der Waals surface area contributed by atoms with Crippen LogP contribution in [-0.4, -0.2) is 51.9 Å². The van der Waals surface area contributed by atoms with Crippen LogP contribution in [0.25, 0.3) is 0 Å². The third-order valence-corrected chi connectivity index (χ3v) is 3.66. The number of nitrogen functional groups attached to an aromatic ring is 1. The van der Waals surface area contributed by atoms with Gasteiger partial charge in [0.05, 0.1) is 33.2 Å². The second-order valence-electron chi connectivity index (χ2n) is 5.31. The molecule has 3 N–H and O–H groups in total. The van der Waals surface area contributed by atoms with E-state index < -0.39 is 15.3 Å². The van der Waals surface area contributed by atoms with Crippen molar-refractivity contribution in [2.45, 2.75) is 6.92 Å². The summed E-state index contributed by atoms with van der Waals surface area (Å²) in [5.41, 5.74) is 7.50. The van der Waals surface area contributed by atoms with Gasteiger partial charge >= 0.3 is 0 Å². The molecule has 1 aromatic rings. The summed E-state index contributed by atoms with van der Waals surface area (Å²) in [5.74, 6) is 0.870. The zero-order valence-corrected chi connectivity index (χ0v) is 15.7. The smallest absolute Gasteiger partial charge is 0.294 e. The molecule has 0 amide bonds. The van der Waals surface area contributed by atoms with Gasteiger partial charge in [-0.1, -0.05) is 18.9 Å². The van der Waals surface area contributed by atoms with Gasteiger partial charge in [-0.25, -0.2) is 8.42 Å². The summed E-state index contributed by atoms with van der Waals surface area (Å²) in [5, 5.41) is 10.9. The second kappa shape index (κ2) is 9.03. The number of quaternary nitrogens is 1. The third-order valence-electron chi connectivity index (χ3n) is 2.59. The van der Waals surface area contributed by atoms with Gasteiger partial charge in [0, 0.05) is 17.9 Å². The maximum absolute atomic E-state index is 10.9. The van der Waals surface area contributed by atoms with Crippen LogP contribution in [0, 0.1) is 10.1 Å². The first-order valence-electron chi connectivity index (χ1n) is 6.62. The number of rotatable bonds is 6. The molecular formula is C12H22N4O6S2. The Kier molecular flexibility index (Phi) is 8.43. The van der Waals surface area contributed by atoms with E-state index in [1.807, 2.05) is 28.1 Å². The maximum Gasteiger partial charge on any atom is 0.294 e. The van der Waals surface area contributed by atoms with E-state index in [1.54, 1.807) is 6.07 Å². The van der Waals surface area contributed by atoms with Crippen molar-refractivity contribution in [2.75, 3.05) is 44.5 Å². The molecule has 0 spiro atoms. The van der Waals surface area contributed by atoms with Gasteiger partial charge in [0.2, 0.25) is 10.4 Å². The molecule has 0 radical (unpaired) electrons. The van der Waals surface area contributed by atoms with Crippen molar-refractivity contribution in [3.05, 3.63) is 22.2 Å². The number of hydrogen-bond donors (Lipinski definition) is 2. The van der Waals surface area contributed by atoms with Gasteiger partial charge in [0.1, 0.15) is 11.4 Å². The highest BCUT2D eigenvalue weighted by atomic mass is 32.3. The van der Waals surface area contributed by atoms with E-state index in [1.165, 1.54) is 18.0 Å². The van der Waals surface area contributed by atoms with Crippen LogP contribution in [0.5, 0.6) is 0 Å². The predicted octanol–water partition coefficient (Wildman–Crippen LogP) is 1.55. The van der Waals surface area contributed by atoms with E-state index in [2.05, 4.69) is 8.91 Å². The van der Waals surface area contributed by atoms with Gasteiger partial charge in [0.25, 0.3) is 5.69 Å². The summed E-state index contributed by atoms with van der Waals surface area (Å²) in [6.07, 6.45) is 0. The van der Waals surface area contributed by atoms with Gasteiger partial charge in [-0.05, 0) is 0 Å². The zero-order valence-electron chi connectivity index (χ0n) is 14.1. The predicted molar refractivity (Wildman–Crippen MR) is 95.5 cm³/mol. The van der Waals surface area contributed by atoms with Crippen LogP contribution in [0.15, 0.2) is 12.1 Å². The number of nitro benzene ring substituents is 1. The minimum absolute atomic E-state index is 0.0635. The molecule has 24 heavy (non-hydrogen) atoms.